The summed E-state index contributed by atoms with van der Waals surface area (Å²) >= 11 is 0. The van der Waals surface area contributed by atoms with Gasteiger partial charge in [-0.25, -0.2) is 28.3 Å². The van der Waals surface area contributed by atoms with Gasteiger partial charge in [-0.2, -0.15) is 14.6 Å². The molecule has 0 radical (unpaired) electrons. The number of benzene rings is 2. The molecule has 5 aromatic rings. The van der Waals surface area contributed by atoms with E-state index in [1.807, 2.05) is 30.3 Å². The number of carbonyl (C=O) groups is 1. The van der Waals surface area contributed by atoms with Crippen molar-refractivity contribution in [2.75, 3.05) is 24.6 Å². The van der Waals surface area contributed by atoms with Crippen LogP contribution in [0.4, 0.5) is 10.6 Å². The molecule has 216 valence electrons. The van der Waals surface area contributed by atoms with Gasteiger partial charge in [0.1, 0.15) is 24.5 Å². The average molecular weight is 589 g/mol. The summed E-state index contributed by atoms with van der Waals surface area (Å²) in [5.41, 5.74) is 1.47. The summed E-state index contributed by atoms with van der Waals surface area (Å²) in [5.74, 6) is 2.12. The Bertz CT molecular complexity index is 1840. The van der Waals surface area contributed by atoms with Crippen LogP contribution in [0.3, 0.4) is 0 Å². The minimum atomic E-state index is -3.76. The van der Waals surface area contributed by atoms with Gasteiger partial charge in [-0.1, -0.05) is 24.3 Å². The fourth-order valence-electron chi connectivity index (χ4n) is 5.02. The third-order valence-corrected chi connectivity index (χ3v) is 7.98. The highest BCUT2D eigenvalue weighted by molar-refractivity contribution is 7.89. The second kappa shape index (κ2) is 11.6. The van der Waals surface area contributed by atoms with Crippen molar-refractivity contribution in [1.29, 1.82) is 0 Å². The molecule has 1 fully saturated rings. The highest BCUT2D eigenvalue weighted by Crippen LogP contribution is 2.31. The molecule has 0 bridgehead atoms. The molecule has 3 aromatic heterocycles. The summed E-state index contributed by atoms with van der Waals surface area (Å²) in [6.45, 7) is 1.54. The number of pyridine rings is 1. The first-order valence-corrected chi connectivity index (χ1v) is 14.9. The van der Waals surface area contributed by atoms with Crippen LogP contribution in [-0.4, -0.2) is 64.8 Å². The molecule has 6 rings (SSSR count). The molecule has 14 heteroatoms. The van der Waals surface area contributed by atoms with Gasteiger partial charge in [0.25, 0.3) is 5.78 Å². The molecule has 13 nitrogen and oxygen atoms in total. The lowest BCUT2D eigenvalue weighted by atomic mass is 10.1. The standard InChI is InChI=1S/C28H28N8O5S/c29-42(38,39)21-9-7-19(8-10-21)11-13-31-28(37)41-25-16-24(22-5-1-2-6-23(22)34-25)40-17-20-4-3-15-35(20)26-12-14-30-27-32-18-33-36(26)27/h1-2,5-10,12,14,16,18,20H,3-4,11,13,15,17H2,(H,31,37)(H2,29,38,39)/t20-/m1/s1. The smallest absolute Gasteiger partial charge is 0.413 e. The summed E-state index contributed by atoms with van der Waals surface area (Å²) in [4.78, 5) is 27.8. The van der Waals surface area contributed by atoms with Crippen LogP contribution < -0.4 is 24.8 Å². The number of para-hydroxylation sites is 1. The van der Waals surface area contributed by atoms with Gasteiger partial charge < -0.3 is 19.7 Å². The first-order chi connectivity index (χ1) is 20.3. The van der Waals surface area contributed by atoms with Gasteiger partial charge in [-0.05, 0) is 55.2 Å². The number of fused-ring (bicyclic) bond motifs is 2. The van der Waals surface area contributed by atoms with Crippen molar-refractivity contribution < 1.29 is 22.7 Å². The van der Waals surface area contributed by atoms with Crippen LogP contribution in [0.25, 0.3) is 16.7 Å². The maximum Gasteiger partial charge on any atom is 0.413 e. The van der Waals surface area contributed by atoms with Gasteiger partial charge in [0.05, 0.1) is 16.5 Å². The number of nitrogens with zero attached hydrogens (tertiary/aromatic N) is 6. The van der Waals surface area contributed by atoms with Gasteiger partial charge in [0.15, 0.2) is 0 Å². The summed E-state index contributed by atoms with van der Waals surface area (Å²) < 4.78 is 36.4. The zero-order valence-electron chi connectivity index (χ0n) is 22.5. The van der Waals surface area contributed by atoms with Crippen molar-refractivity contribution in [1.82, 2.24) is 29.9 Å². The number of sulfonamides is 1. The first-order valence-electron chi connectivity index (χ1n) is 13.4. The summed E-state index contributed by atoms with van der Waals surface area (Å²) in [7, 11) is -3.76. The van der Waals surface area contributed by atoms with E-state index in [0.29, 0.717) is 30.1 Å². The molecule has 4 heterocycles. The van der Waals surface area contributed by atoms with Gasteiger partial charge in [0, 0.05) is 30.7 Å². The third-order valence-electron chi connectivity index (χ3n) is 7.05. The maximum absolute atomic E-state index is 12.6. The molecule has 1 saturated heterocycles. The van der Waals surface area contributed by atoms with Crippen LogP contribution in [0.1, 0.15) is 18.4 Å². The number of aromatic nitrogens is 5. The quantitative estimate of drug-likeness (QED) is 0.261. The Labute approximate surface area is 241 Å². The molecule has 1 atom stereocenters. The molecule has 0 aliphatic carbocycles. The lowest BCUT2D eigenvalue weighted by molar-refractivity contribution is 0.198. The van der Waals surface area contributed by atoms with Crippen molar-refractivity contribution in [3.63, 3.8) is 0 Å². The number of ether oxygens (including phenoxy) is 2. The number of amides is 1. The number of nitrogens with one attached hydrogen (secondary N) is 1. The van der Waals surface area contributed by atoms with Crippen molar-refractivity contribution in [3.05, 3.63) is 78.8 Å². The number of hydrogen-bond donors (Lipinski definition) is 2. The van der Waals surface area contributed by atoms with E-state index in [1.54, 1.807) is 28.9 Å². The first kappa shape index (κ1) is 27.4. The number of rotatable bonds is 9. The third kappa shape index (κ3) is 5.94. The summed E-state index contributed by atoms with van der Waals surface area (Å²) in [6, 6.07) is 17.3. The Hall–Kier alpha value is -4.82. The number of anilines is 1. The second-order valence-corrected chi connectivity index (χ2v) is 11.4. The number of primary sulfonamides is 1. The van der Waals surface area contributed by atoms with E-state index in [0.717, 1.165) is 36.2 Å². The van der Waals surface area contributed by atoms with Crippen LogP contribution in [-0.2, 0) is 16.4 Å². The van der Waals surface area contributed by atoms with Crippen LogP contribution in [0.5, 0.6) is 11.6 Å². The van der Waals surface area contributed by atoms with E-state index in [9.17, 15) is 13.2 Å². The summed E-state index contributed by atoms with van der Waals surface area (Å²) in [5, 5.41) is 13.0. The van der Waals surface area contributed by atoms with Crippen LogP contribution in [0, 0.1) is 0 Å². The van der Waals surface area contributed by atoms with Crippen molar-refractivity contribution >= 4 is 38.6 Å². The van der Waals surface area contributed by atoms with E-state index in [4.69, 9.17) is 14.6 Å². The van der Waals surface area contributed by atoms with Gasteiger partial charge in [-0.3, -0.25) is 0 Å². The molecule has 1 aliphatic rings. The minimum Gasteiger partial charge on any atom is -0.491 e. The van der Waals surface area contributed by atoms with E-state index >= 15 is 0 Å². The highest BCUT2D eigenvalue weighted by atomic mass is 32.2. The van der Waals surface area contributed by atoms with E-state index in [1.165, 1.54) is 18.5 Å². The van der Waals surface area contributed by atoms with E-state index < -0.39 is 16.1 Å². The molecule has 0 saturated carbocycles. The topological polar surface area (TPSA) is 167 Å². The van der Waals surface area contributed by atoms with Crippen molar-refractivity contribution in [2.45, 2.75) is 30.2 Å². The number of nitrogens with two attached hydrogens (primary N) is 1. The van der Waals surface area contributed by atoms with Crippen LogP contribution in [0.15, 0.2) is 78.1 Å². The Morgan fingerprint density at radius 2 is 1.93 bits per heavy atom. The maximum atomic E-state index is 12.6. The van der Waals surface area contributed by atoms with E-state index in [-0.39, 0.29) is 23.4 Å². The number of hydrogen-bond acceptors (Lipinski definition) is 10. The minimum absolute atomic E-state index is 0.0320. The molecule has 1 amide bonds. The normalized spacial score (nSPS) is 15.3. The van der Waals surface area contributed by atoms with Crippen molar-refractivity contribution in [2.24, 2.45) is 5.14 Å². The Balaban J connectivity index is 1.11. The molecule has 1 aliphatic heterocycles. The fraction of sp³-hybridized carbons (Fsp3) is 0.250. The van der Waals surface area contributed by atoms with Crippen LogP contribution >= 0.6 is 0 Å². The molecule has 0 unspecified atom stereocenters. The monoisotopic (exact) mass is 588 g/mol. The molecular weight excluding hydrogens is 560 g/mol. The van der Waals surface area contributed by atoms with Crippen molar-refractivity contribution in [3.8, 4) is 11.6 Å². The van der Waals surface area contributed by atoms with Gasteiger partial charge in [0.2, 0.25) is 15.9 Å². The number of carbonyl (C=O) groups excluding carboxylic acids is 1. The zero-order chi connectivity index (χ0) is 29.1. The fourth-order valence-corrected chi connectivity index (χ4v) is 5.53. The lowest BCUT2D eigenvalue weighted by Crippen LogP contribution is -2.35. The Morgan fingerprint density at radius 3 is 2.76 bits per heavy atom. The molecule has 42 heavy (non-hydrogen) atoms. The molecule has 0 spiro atoms. The second-order valence-electron chi connectivity index (χ2n) is 9.81. The molecular formula is C28H28N8O5S. The largest absolute Gasteiger partial charge is 0.491 e. The molecule has 2 aromatic carbocycles. The van der Waals surface area contributed by atoms with Crippen LogP contribution in [0.2, 0.25) is 0 Å². The van der Waals surface area contributed by atoms with Gasteiger partial charge in [-0.15, -0.1) is 0 Å². The predicted molar refractivity (Wildman–Crippen MR) is 154 cm³/mol. The van der Waals surface area contributed by atoms with Gasteiger partial charge >= 0.3 is 6.09 Å². The predicted octanol–water partition coefficient (Wildman–Crippen LogP) is 2.70. The zero-order valence-corrected chi connectivity index (χ0v) is 23.3. The SMILES string of the molecule is NS(=O)(=O)c1ccc(CCNC(=O)Oc2cc(OC[C@H]3CCCN3c3ccnc4ncnn34)c3ccccc3n2)cc1. The Morgan fingerprint density at radius 1 is 1.10 bits per heavy atom. The van der Waals surface area contributed by atoms with E-state index in [2.05, 4.69) is 30.3 Å². The summed E-state index contributed by atoms with van der Waals surface area (Å²) in [6.07, 6.45) is 4.97. The highest BCUT2D eigenvalue weighted by Gasteiger charge is 2.28. The Kier molecular flexibility index (Phi) is 7.54. The lowest BCUT2D eigenvalue weighted by Gasteiger charge is -2.26. The molecule has 3 N–H and O–H groups in total. The average Bonchev–Trinajstić information content (AvgIpc) is 3.65.